The molecule has 42 heavy (non-hydrogen) atoms. The van der Waals surface area contributed by atoms with Crippen molar-refractivity contribution in [3.05, 3.63) is 167 Å². The summed E-state index contributed by atoms with van der Waals surface area (Å²) in [5.74, 6) is -0.444. The molecule has 1 aliphatic rings. The summed E-state index contributed by atoms with van der Waals surface area (Å²) in [6.45, 7) is 0. The zero-order valence-corrected chi connectivity index (χ0v) is 23.4. The van der Waals surface area contributed by atoms with E-state index in [-0.39, 0.29) is 17.1 Å². The number of carbonyl (C=O) groups is 2. The molecule has 3 nitrogen and oxygen atoms in total. The fourth-order valence-electron chi connectivity index (χ4n) is 5.36. The standard InChI is InChI=1S/C38H25NO2S/c40-37-33-22-18-29(27-12-6-2-7-13-27)24-34(33)38(41)35(37)25-32-21-23-36(42-32)39(30-14-8-3-9-15-30)31-19-16-28(17-20-31)26-10-4-1-5-11-26/h1-25H. The molecule has 0 unspecified atom stereocenters. The molecule has 6 aromatic rings. The molecule has 0 bridgehead atoms. The van der Waals surface area contributed by atoms with Crippen molar-refractivity contribution in [1.29, 1.82) is 0 Å². The quantitative estimate of drug-likeness (QED) is 0.151. The van der Waals surface area contributed by atoms with Gasteiger partial charge in [0.25, 0.3) is 0 Å². The second-order valence-corrected chi connectivity index (χ2v) is 11.2. The van der Waals surface area contributed by atoms with Crippen LogP contribution in [-0.2, 0) is 0 Å². The van der Waals surface area contributed by atoms with Gasteiger partial charge in [-0.2, -0.15) is 0 Å². The Hall–Kier alpha value is -5.32. The van der Waals surface area contributed by atoms with Gasteiger partial charge in [0.2, 0.25) is 0 Å². The molecular formula is C38H25NO2S. The highest BCUT2D eigenvalue weighted by Crippen LogP contribution is 2.41. The average Bonchev–Trinajstić information content (AvgIpc) is 3.61. The van der Waals surface area contributed by atoms with E-state index in [1.54, 1.807) is 23.5 Å². The van der Waals surface area contributed by atoms with Crippen LogP contribution in [-0.4, -0.2) is 11.6 Å². The summed E-state index contributed by atoms with van der Waals surface area (Å²) in [7, 11) is 0. The molecule has 1 aromatic heterocycles. The molecule has 7 rings (SSSR count). The van der Waals surface area contributed by atoms with Crippen molar-refractivity contribution in [1.82, 2.24) is 0 Å². The van der Waals surface area contributed by atoms with Crippen LogP contribution in [0.3, 0.4) is 0 Å². The van der Waals surface area contributed by atoms with Crippen LogP contribution in [0.1, 0.15) is 25.6 Å². The number of hydrogen-bond acceptors (Lipinski definition) is 4. The SMILES string of the molecule is O=C1C(=Cc2ccc(N(c3ccccc3)c3ccc(-c4ccccc4)cc3)s2)C(=O)c2cc(-c3ccccc3)ccc21. The first-order valence-electron chi connectivity index (χ1n) is 13.8. The van der Waals surface area contributed by atoms with Gasteiger partial charge < -0.3 is 4.90 Å². The molecule has 4 heteroatoms. The fourth-order valence-corrected chi connectivity index (χ4v) is 6.35. The molecule has 0 amide bonds. The van der Waals surface area contributed by atoms with Gasteiger partial charge in [-0.15, -0.1) is 11.3 Å². The first-order valence-corrected chi connectivity index (χ1v) is 14.6. The Bertz CT molecular complexity index is 1940. The van der Waals surface area contributed by atoms with Crippen LogP contribution >= 0.6 is 11.3 Å². The number of benzene rings is 5. The van der Waals surface area contributed by atoms with Crippen LogP contribution in [0.15, 0.2) is 151 Å². The Kier molecular flexibility index (Phi) is 6.67. The monoisotopic (exact) mass is 559 g/mol. The lowest BCUT2D eigenvalue weighted by Crippen LogP contribution is -2.07. The van der Waals surface area contributed by atoms with Gasteiger partial charge in [0.15, 0.2) is 11.6 Å². The highest BCUT2D eigenvalue weighted by molar-refractivity contribution is 7.17. The molecule has 0 aliphatic heterocycles. The molecule has 0 N–H and O–H groups in total. The van der Waals surface area contributed by atoms with Crippen LogP contribution in [0.5, 0.6) is 0 Å². The number of carbonyl (C=O) groups excluding carboxylic acids is 2. The van der Waals surface area contributed by atoms with Gasteiger partial charge in [-0.1, -0.05) is 97.1 Å². The lowest BCUT2D eigenvalue weighted by atomic mass is 10.0. The third kappa shape index (κ3) is 4.78. The first-order chi connectivity index (χ1) is 20.7. The van der Waals surface area contributed by atoms with Crippen LogP contribution in [0.2, 0.25) is 0 Å². The normalized spacial score (nSPS) is 13.4. The molecule has 0 spiro atoms. The molecular weight excluding hydrogens is 534 g/mol. The van der Waals surface area contributed by atoms with E-state index in [9.17, 15) is 9.59 Å². The van der Waals surface area contributed by atoms with Gasteiger partial charge >= 0.3 is 0 Å². The summed E-state index contributed by atoms with van der Waals surface area (Å²) in [6.07, 6.45) is 1.74. The number of nitrogens with zero attached hydrogens (tertiary/aromatic N) is 1. The smallest absolute Gasteiger partial charge is 0.197 e. The summed E-state index contributed by atoms with van der Waals surface area (Å²) in [5.41, 5.74) is 7.45. The number of allylic oxidation sites excluding steroid dienone is 1. The van der Waals surface area contributed by atoms with Crippen molar-refractivity contribution in [3.8, 4) is 22.3 Å². The number of ketones is 2. The molecule has 0 saturated heterocycles. The van der Waals surface area contributed by atoms with Crippen LogP contribution in [0.4, 0.5) is 16.4 Å². The molecule has 0 radical (unpaired) electrons. The number of thiophene rings is 1. The van der Waals surface area contributed by atoms with E-state index >= 15 is 0 Å². The van der Waals surface area contributed by atoms with Crippen molar-refractivity contribution < 1.29 is 9.59 Å². The minimum Gasteiger partial charge on any atom is -0.302 e. The number of fused-ring (bicyclic) bond motifs is 1. The second-order valence-electron chi connectivity index (χ2n) is 10.1. The predicted octanol–water partition coefficient (Wildman–Crippen LogP) is 10.0. The maximum Gasteiger partial charge on any atom is 0.197 e. The summed E-state index contributed by atoms with van der Waals surface area (Å²) < 4.78 is 0. The topological polar surface area (TPSA) is 37.4 Å². The molecule has 5 aromatic carbocycles. The molecule has 0 atom stereocenters. The van der Waals surface area contributed by atoms with Crippen molar-refractivity contribution in [2.75, 3.05) is 4.90 Å². The van der Waals surface area contributed by atoms with E-state index < -0.39 is 0 Å². The summed E-state index contributed by atoms with van der Waals surface area (Å²) in [5, 5.41) is 0.988. The number of anilines is 3. The van der Waals surface area contributed by atoms with Crippen molar-refractivity contribution in [2.45, 2.75) is 0 Å². The summed E-state index contributed by atoms with van der Waals surface area (Å²) in [4.78, 5) is 29.8. The molecule has 1 aliphatic carbocycles. The largest absolute Gasteiger partial charge is 0.302 e. The number of Topliss-reactive ketones (excluding diaryl/α,β-unsaturated/α-hetero) is 2. The van der Waals surface area contributed by atoms with E-state index in [0.717, 1.165) is 37.9 Å². The zero-order valence-electron chi connectivity index (χ0n) is 22.6. The first kappa shape index (κ1) is 25.6. The fraction of sp³-hybridized carbons (Fsp3) is 0. The van der Waals surface area contributed by atoms with Gasteiger partial charge in [0, 0.05) is 27.4 Å². The van der Waals surface area contributed by atoms with E-state index in [4.69, 9.17) is 0 Å². The van der Waals surface area contributed by atoms with Crippen LogP contribution in [0.25, 0.3) is 28.3 Å². The Labute approximate surface area is 248 Å². The summed E-state index contributed by atoms with van der Waals surface area (Å²) >= 11 is 1.55. The Morgan fingerprint density at radius 2 is 1.00 bits per heavy atom. The maximum atomic E-state index is 13.4. The number of hydrogen-bond donors (Lipinski definition) is 0. The minimum atomic E-state index is -0.223. The van der Waals surface area contributed by atoms with E-state index in [0.29, 0.717) is 11.1 Å². The minimum absolute atomic E-state index is 0.210. The molecule has 0 saturated carbocycles. The highest BCUT2D eigenvalue weighted by Gasteiger charge is 2.33. The Balaban J connectivity index is 1.21. The van der Waals surface area contributed by atoms with Crippen LogP contribution < -0.4 is 4.90 Å². The van der Waals surface area contributed by atoms with E-state index in [2.05, 4.69) is 53.4 Å². The van der Waals surface area contributed by atoms with Gasteiger partial charge in [-0.25, -0.2) is 0 Å². The maximum absolute atomic E-state index is 13.4. The molecule has 0 fully saturated rings. The third-order valence-electron chi connectivity index (χ3n) is 7.47. The van der Waals surface area contributed by atoms with Crippen molar-refractivity contribution in [3.63, 3.8) is 0 Å². The third-order valence-corrected chi connectivity index (χ3v) is 8.49. The lowest BCUT2D eigenvalue weighted by Gasteiger charge is -2.23. The number of rotatable bonds is 6. The highest BCUT2D eigenvalue weighted by atomic mass is 32.1. The molecule has 200 valence electrons. The average molecular weight is 560 g/mol. The van der Waals surface area contributed by atoms with E-state index in [1.807, 2.05) is 91.0 Å². The van der Waals surface area contributed by atoms with E-state index in [1.165, 1.54) is 5.56 Å². The molecule has 1 heterocycles. The van der Waals surface area contributed by atoms with Crippen molar-refractivity contribution >= 4 is 45.4 Å². The zero-order chi connectivity index (χ0) is 28.5. The van der Waals surface area contributed by atoms with Gasteiger partial charge in [0.05, 0.1) is 5.57 Å². The van der Waals surface area contributed by atoms with Gasteiger partial charge in [-0.05, 0) is 76.9 Å². The van der Waals surface area contributed by atoms with Gasteiger partial charge in [-0.3, -0.25) is 9.59 Å². The van der Waals surface area contributed by atoms with Crippen LogP contribution in [0, 0.1) is 0 Å². The number of para-hydroxylation sites is 1. The van der Waals surface area contributed by atoms with Gasteiger partial charge in [0.1, 0.15) is 5.00 Å². The summed E-state index contributed by atoms with van der Waals surface area (Å²) in [6, 6.07) is 48.5. The predicted molar refractivity (Wildman–Crippen MR) is 173 cm³/mol. The lowest BCUT2D eigenvalue weighted by molar-refractivity contribution is 0.0990. The Morgan fingerprint density at radius 1 is 0.476 bits per heavy atom. The second kappa shape index (κ2) is 10.9. The van der Waals surface area contributed by atoms with Crippen molar-refractivity contribution in [2.24, 2.45) is 0 Å². The Morgan fingerprint density at radius 3 is 1.67 bits per heavy atom.